The van der Waals surface area contributed by atoms with Gasteiger partial charge in [-0.3, -0.25) is 4.79 Å². The minimum atomic E-state index is 0. The lowest BCUT2D eigenvalue weighted by atomic mass is 9.92. The fourth-order valence-corrected chi connectivity index (χ4v) is 3.62. The van der Waals surface area contributed by atoms with E-state index in [1.807, 2.05) is 39.9 Å². The zero-order chi connectivity index (χ0) is 14.2. The summed E-state index contributed by atoms with van der Waals surface area (Å²) >= 11 is 0. The molecule has 1 N–H and O–H groups in total. The highest BCUT2D eigenvalue weighted by molar-refractivity contribution is 5.93. The van der Waals surface area contributed by atoms with E-state index >= 15 is 0 Å². The molecule has 2 aliphatic rings. The van der Waals surface area contributed by atoms with Gasteiger partial charge in [0.2, 0.25) is 0 Å². The summed E-state index contributed by atoms with van der Waals surface area (Å²) in [5.41, 5.74) is 1.39. The van der Waals surface area contributed by atoms with Gasteiger partial charge in [-0.1, -0.05) is 6.07 Å². The third-order valence-corrected chi connectivity index (χ3v) is 4.89. The number of carbonyl (C=O) groups is 1. The number of carbonyl (C=O) groups excluding carboxylic acids is 1. The van der Waals surface area contributed by atoms with Gasteiger partial charge in [0, 0.05) is 25.5 Å². The van der Waals surface area contributed by atoms with Gasteiger partial charge < -0.3 is 14.6 Å². The molecule has 5 nitrogen and oxygen atoms in total. The molecule has 2 aromatic heterocycles. The Bertz CT molecular complexity index is 628. The Morgan fingerprint density at radius 2 is 1.83 bits per heavy atom. The normalized spacial score (nSPS) is 23.6. The first-order chi connectivity index (χ1) is 10.3. The van der Waals surface area contributed by atoms with E-state index in [1.54, 1.807) is 0 Å². The summed E-state index contributed by atoms with van der Waals surface area (Å²) in [6, 6.07) is 5.81. The van der Waals surface area contributed by atoms with Gasteiger partial charge in [-0.15, -0.1) is 24.8 Å². The number of likely N-dealkylation sites (tertiary alicyclic amines) is 1. The molecular weight excluding hydrogens is 335 g/mol. The van der Waals surface area contributed by atoms with Crippen molar-refractivity contribution in [3.05, 3.63) is 36.3 Å². The maximum Gasteiger partial charge on any atom is 0.274 e. The number of hydrogen-bond acceptors (Lipinski definition) is 3. The van der Waals surface area contributed by atoms with Crippen molar-refractivity contribution in [1.29, 1.82) is 0 Å². The molecule has 2 fully saturated rings. The first-order valence-corrected chi connectivity index (χ1v) is 7.75. The molecule has 0 aliphatic carbocycles. The lowest BCUT2D eigenvalue weighted by Gasteiger charge is -2.19. The predicted octanol–water partition coefficient (Wildman–Crippen LogP) is 2.25. The largest absolute Gasteiger partial charge is 0.337 e. The standard InChI is InChI=1S/C16H20N4O.2ClH/c21-16(14-11-20-6-2-1-3-15(20)18-14)19-7-4-12-9-17-10-13(12)5-8-19;;/h1-3,6,11-13,17H,4-5,7-10H2;2*1H/t12-,13+;;. The lowest BCUT2D eigenvalue weighted by Crippen LogP contribution is -2.33. The van der Waals surface area contributed by atoms with Crippen LogP contribution in [0.3, 0.4) is 0 Å². The Balaban J connectivity index is 0.000000960. The van der Waals surface area contributed by atoms with Crippen molar-refractivity contribution in [3.8, 4) is 0 Å². The minimum Gasteiger partial charge on any atom is -0.337 e. The SMILES string of the molecule is Cl.Cl.O=C(c1cn2ccccc2n1)N1CC[C@@H]2CNC[C@@H]2CC1. The van der Waals surface area contributed by atoms with E-state index in [0.717, 1.165) is 56.5 Å². The smallest absolute Gasteiger partial charge is 0.274 e. The fraction of sp³-hybridized carbons (Fsp3) is 0.500. The van der Waals surface area contributed by atoms with Crippen LogP contribution >= 0.6 is 24.8 Å². The Morgan fingerprint density at radius 1 is 1.13 bits per heavy atom. The molecule has 2 atom stereocenters. The second-order valence-corrected chi connectivity index (χ2v) is 6.14. The number of amides is 1. The molecule has 0 aromatic carbocycles. The van der Waals surface area contributed by atoms with Gasteiger partial charge in [0.25, 0.3) is 5.91 Å². The van der Waals surface area contributed by atoms with E-state index in [-0.39, 0.29) is 30.7 Å². The van der Waals surface area contributed by atoms with Crippen LogP contribution in [0.25, 0.3) is 5.65 Å². The van der Waals surface area contributed by atoms with Gasteiger partial charge >= 0.3 is 0 Å². The van der Waals surface area contributed by atoms with Crippen LogP contribution in [-0.2, 0) is 0 Å². The maximum absolute atomic E-state index is 12.7. The van der Waals surface area contributed by atoms with Gasteiger partial charge in [0.05, 0.1) is 0 Å². The van der Waals surface area contributed by atoms with Crippen LogP contribution in [0.1, 0.15) is 23.3 Å². The molecule has 0 spiro atoms. The van der Waals surface area contributed by atoms with Crippen molar-refractivity contribution < 1.29 is 4.79 Å². The number of fused-ring (bicyclic) bond motifs is 2. The van der Waals surface area contributed by atoms with Gasteiger partial charge in [0.15, 0.2) is 0 Å². The van der Waals surface area contributed by atoms with Crippen LogP contribution in [0.4, 0.5) is 0 Å². The highest BCUT2D eigenvalue weighted by atomic mass is 35.5. The number of nitrogens with one attached hydrogen (secondary N) is 1. The van der Waals surface area contributed by atoms with Gasteiger partial charge in [-0.25, -0.2) is 4.98 Å². The summed E-state index contributed by atoms with van der Waals surface area (Å²) in [6.07, 6.45) is 5.98. The van der Waals surface area contributed by atoms with E-state index in [1.165, 1.54) is 0 Å². The summed E-state index contributed by atoms with van der Waals surface area (Å²) in [6.45, 7) is 3.94. The van der Waals surface area contributed by atoms with Crippen molar-refractivity contribution in [2.45, 2.75) is 12.8 Å². The van der Waals surface area contributed by atoms with Crippen LogP contribution in [0, 0.1) is 11.8 Å². The Kier molecular flexibility index (Phi) is 5.89. The molecule has 0 saturated carbocycles. The van der Waals surface area contributed by atoms with E-state index in [4.69, 9.17) is 0 Å². The molecular formula is C16H22Cl2N4O. The summed E-state index contributed by atoms with van der Waals surface area (Å²) in [5.74, 6) is 1.55. The van der Waals surface area contributed by atoms with Crippen LogP contribution in [0.5, 0.6) is 0 Å². The molecule has 0 unspecified atom stereocenters. The first kappa shape index (κ1) is 18.0. The molecule has 2 aromatic rings. The van der Waals surface area contributed by atoms with Crippen LogP contribution in [0.15, 0.2) is 30.6 Å². The summed E-state index contributed by atoms with van der Waals surface area (Å²) in [5, 5.41) is 3.47. The molecule has 7 heteroatoms. The number of imidazole rings is 1. The van der Waals surface area contributed by atoms with Crippen molar-refractivity contribution in [3.63, 3.8) is 0 Å². The van der Waals surface area contributed by atoms with Crippen molar-refractivity contribution in [2.24, 2.45) is 11.8 Å². The van der Waals surface area contributed by atoms with E-state index in [2.05, 4.69) is 10.3 Å². The summed E-state index contributed by atoms with van der Waals surface area (Å²) in [4.78, 5) is 19.1. The average Bonchev–Trinajstić information content (AvgIpc) is 3.09. The molecule has 23 heavy (non-hydrogen) atoms. The van der Waals surface area contributed by atoms with E-state index < -0.39 is 0 Å². The molecule has 1 amide bonds. The third-order valence-electron chi connectivity index (χ3n) is 4.89. The number of pyridine rings is 1. The number of rotatable bonds is 1. The number of aromatic nitrogens is 2. The Labute approximate surface area is 148 Å². The quantitative estimate of drug-likeness (QED) is 0.852. The number of hydrogen-bond donors (Lipinski definition) is 1. The van der Waals surface area contributed by atoms with Crippen molar-refractivity contribution in [1.82, 2.24) is 19.6 Å². The highest BCUT2D eigenvalue weighted by Crippen LogP contribution is 2.27. The number of nitrogens with zero attached hydrogens (tertiary/aromatic N) is 3. The zero-order valence-electron chi connectivity index (χ0n) is 12.9. The summed E-state index contributed by atoms with van der Waals surface area (Å²) < 4.78 is 1.91. The monoisotopic (exact) mass is 356 g/mol. The van der Waals surface area contributed by atoms with Crippen LogP contribution in [-0.4, -0.2) is 46.4 Å². The average molecular weight is 357 g/mol. The molecule has 4 rings (SSSR count). The second kappa shape index (κ2) is 7.51. The number of halogens is 2. The van der Waals surface area contributed by atoms with Gasteiger partial charge in [-0.05, 0) is 49.9 Å². The topological polar surface area (TPSA) is 49.6 Å². The van der Waals surface area contributed by atoms with Gasteiger partial charge in [-0.2, -0.15) is 0 Å². The maximum atomic E-state index is 12.7. The van der Waals surface area contributed by atoms with Crippen molar-refractivity contribution >= 4 is 36.4 Å². The van der Waals surface area contributed by atoms with Gasteiger partial charge in [0.1, 0.15) is 11.3 Å². The van der Waals surface area contributed by atoms with E-state index in [9.17, 15) is 4.79 Å². The summed E-state index contributed by atoms with van der Waals surface area (Å²) in [7, 11) is 0. The molecule has 126 valence electrons. The third kappa shape index (κ3) is 3.47. The zero-order valence-corrected chi connectivity index (χ0v) is 14.5. The second-order valence-electron chi connectivity index (χ2n) is 6.14. The fourth-order valence-electron chi connectivity index (χ4n) is 3.62. The van der Waals surface area contributed by atoms with Crippen molar-refractivity contribution in [2.75, 3.05) is 26.2 Å². The molecule has 0 radical (unpaired) electrons. The van der Waals surface area contributed by atoms with E-state index in [0.29, 0.717) is 5.69 Å². The Hall–Kier alpha value is -1.30. The minimum absolute atomic E-state index is 0. The predicted molar refractivity (Wildman–Crippen MR) is 94.7 cm³/mol. The molecule has 0 bridgehead atoms. The molecule has 4 heterocycles. The van der Waals surface area contributed by atoms with Crippen LogP contribution in [0.2, 0.25) is 0 Å². The Morgan fingerprint density at radius 3 is 2.48 bits per heavy atom. The first-order valence-electron chi connectivity index (χ1n) is 7.75. The van der Waals surface area contributed by atoms with Crippen LogP contribution < -0.4 is 5.32 Å². The highest BCUT2D eigenvalue weighted by Gasteiger charge is 2.32. The molecule has 2 aliphatic heterocycles. The molecule has 2 saturated heterocycles. The lowest BCUT2D eigenvalue weighted by molar-refractivity contribution is 0.0753.